The molecule has 3 rings (SSSR count). The Morgan fingerprint density at radius 2 is 2.33 bits per heavy atom. The lowest BCUT2D eigenvalue weighted by Gasteiger charge is -2.24. The lowest BCUT2D eigenvalue weighted by atomic mass is 9.96. The lowest BCUT2D eigenvalue weighted by Crippen LogP contribution is -2.21. The Kier molecular flexibility index (Phi) is 2.82. The second kappa shape index (κ2) is 4.48. The van der Waals surface area contributed by atoms with Crippen molar-refractivity contribution in [1.29, 1.82) is 0 Å². The number of rotatable bonds is 2. The van der Waals surface area contributed by atoms with Gasteiger partial charge in [-0.05, 0) is 44.4 Å². The molecule has 1 unspecified atom stereocenters. The Bertz CT molecular complexity index is 557. The third kappa shape index (κ3) is 2.01. The second-order valence-corrected chi connectivity index (χ2v) is 5.05. The van der Waals surface area contributed by atoms with Crippen molar-refractivity contribution in [3.8, 4) is 11.3 Å². The molecule has 1 aromatic heterocycles. The zero-order chi connectivity index (χ0) is 12.5. The zero-order valence-electron chi connectivity index (χ0n) is 11.0. The van der Waals surface area contributed by atoms with Gasteiger partial charge in [0.05, 0.1) is 12.0 Å². The van der Waals surface area contributed by atoms with Crippen molar-refractivity contribution in [2.45, 2.75) is 39.3 Å². The molecule has 1 aromatic carbocycles. The summed E-state index contributed by atoms with van der Waals surface area (Å²) >= 11 is 0. The van der Waals surface area contributed by atoms with Gasteiger partial charge >= 0.3 is 0 Å². The first-order valence-corrected chi connectivity index (χ1v) is 6.68. The number of anilines is 1. The molecule has 0 radical (unpaired) electrons. The number of nitrogens with one attached hydrogen (secondary N) is 1. The van der Waals surface area contributed by atoms with Crippen LogP contribution in [0.1, 0.15) is 25.8 Å². The Hall–Kier alpha value is -1.77. The van der Waals surface area contributed by atoms with Gasteiger partial charge in [-0.1, -0.05) is 6.07 Å². The maximum Gasteiger partial charge on any atom is 0.0953 e. The summed E-state index contributed by atoms with van der Waals surface area (Å²) in [5.74, 6) is 0. The molecule has 94 valence electrons. The van der Waals surface area contributed by atoms with E-state index in [0.29, 0.717) is 6.04 Å². The number of fused-ring (bicyclic) bond motifs is 1. The van der Waals surface area contributed by atoms with Gasteiger partial charge in [-0.2, -0.15) is 0 Å². The van der Waals surface area contributed by atoms with Crippen LogP contribution < -0.4 is 5.32 Å². The van der Waals surface area contributed by atoms with E-state index < -0.39 is 0 Å². The summed E-state index contributed by atoms with van der Waals surface area (Å²) in [5.41, 5.74) is 4.99. The second-order valence-electron chi connectivity index (χ2n) is 5.05. The van der Waals surface area contributed by atoms with Crippen molar-refractivity contribution in [2.24, 2.45) is 0 Å². The average Bonchev–Trinajstić information content (AvgIpc) is 2.87. The van der Waals surface area contributed by atoms with E-state index in [0.717, 1.165) is 18.7 Å². The summed E-state index contributed by atoms with van der Waals surface area (Å²) in [6, 6.07) is 7.20. The van der Waals surface area contributed by atoms with Crippen LogP contribution in [0.15, 0.2) is 30.7 Å². The molecular weight excluding hydrogens is 222 g/mol. The van der Waals surface area contributed by atoms with E-state index in [-0.39, 0.29) is 0 Å². The summed E-state index contributed by atoms with van der Waals surface area (Å²) in [5, 5.41) is 3.53. The fraction of sp³-hybridized carbons (Fsp3) is 0.400. The molecule has 0 spiro atoms. The summed E-state index contributed by atoms with van der Waals surface area (Å²) in [6.45, 7) is 5.33. The predicted octanol–water partition coefficient (Wildman–Crippen LogP) is 3.32. The standard InChI is InChI=1S/C15H19N3/c1-3-18-9-15(16-10-18)13-6-7-14-12(8-13)5-4-11(2)17-14/h6-11,17H,3-5H2,1-2H3. The highest BCUT2D eigenvalue weighted by Gasteiger charge is 2.14. The van der Waals surface area contributed by atoms with Crippen LogP contribution in [-0.4, -0.2) is 15.6 Å². The van der Waals surface area contributed by atoms with E-state index in [1.54, 1.807) is 0 Å². The van der Waals surface area contributed by atoms with Crippen LogP contribution in [0, 0.1) is 0 Å². The zero-order valence-corrected chi connectivity index (χ0v) is 11.0. The fourth-order valence-corrected chi connectivity index (χ4v) is 2.49. The van der Waals surface area contributed by atoms with Crippen molar-refractivity contribution in [2.75, 3.05) is 5.32 Å². The predicted molar refractivity (Wildman–Crippen MR) is 74.7 cm³/mol. The van der Waals surface area contributed by atoms with Crippen molar-refractivity contribution in [1.82, 2.24) is 9.55 Å². The highest BCUT2D eigenvalue weighted by atomic mass is 15.0. The molecule has 1 atom stereocenters. The highest BCUT2D eigenvalue weighted by Crippen LogP contribution is 2.29. The van der Waals surface area contributed by atoms with Gasteiger partial charge in [-0.3, -0.25) is 0 Å². The molecule has 0 aliphatic carbocycles. The van der Waals surface area contributed by atoms with Crippen LogP contribution in [0.3, 0.4) is 0 Å². The number of hydrogen-bond donors (Lipinski definition) is 1. The van der Waals surface area contributed by atoms with Gasteiger partial charge in [-0.15, -0.1) is 0 Å². The number of benzene rings is 1. The molecule has 18 heavy (non-hydrogen) atoms. The third-order valence-electron chi connectivity index (χ3n) is 3.65. The van der Waals surface area contributed by atoms with Crippen LogP contribution >= 0.6 is 0 Å². The molecule has 3 nitrogen and oxygen atoms in total. The summed E-state index contributed by atoms with van der Waals surface area (Å²) in [4.78, 5) is 4.46. The van der Waals surface area contributed by atoms with E-state index in [1.165, 1.54) is 23.2 Å². The molecule has 0 saturated heterocycles. The van der Waals surface area contributed by atoms with Gasteiger partial charge in [-0.25, -0.2) is 4.98 Å². The first-order chi connectivity index (χ1) is 8.76. The maximum atomic E-state index is 4.46. The van der Waals surface area contributed by atoms with E-state index in [4.69, 9.17) is 0 Å². The number of aryl methyl sites for hydroxylation is 2. The Morgan fingerprint density at radius 1 is 1.44 bits per heavy atom. The Balaban J connectivity index is 1.94. The van der Waals surface area contributed by atoms with Gasteiger partial charge in [0.25, 0.3) is 0 Å². The van der Waals surface area contributed by atoms with Crippen LogP contribution in [0.4, 0.5) is 5.69 Å². The topological polar surface area (TPSA) is 29.9 Å². The van der Waals surface area contributed by atoms with Crippen molar-refractivity contribution in [3.63, 3.8) is 0 Å². The molecule has 1 aliphatic heterocycles. The molecule has 3 heteroatoms. The largest absolute Gasteiger partial charge is 0.382 e. The van der Waals surface area contributed by atoms with Gasteiger partial charge in [0.2, 0.25) is 0 Å². The number of imidazole rings is 1. The van der Waals surface area contributed by atoms with Crippen molar-refractivity contribution >= 4 is 5.69 Å². The molecule has 2 heterocycles. The fourth-order valence-electron chi connectivity index (χ4n) is 2.49. The molecule has 0 saturated carbocycles. The summed E-state index contributed by atoms with van der Waals surface area (Å²) in [7, 11) is 0. The molecule has 0 amide bonds. The minimum Gasteiger partial charge on any atom is -0.382 e. The normalized spacial score (nSPS) is 18.2. The Morgan fingerprint density at radius 3 is 3.11 bits per heavy atom. The van der Waals surface area contributed by atoms with Crippen molar-refractivity contribution in [3.05, 3.63) is 36.3 Å². The first-order valence-electron chi connectivity index (χ1n) is 6.68. The number of aromatic nitrogens is 2. The van der Waals surface area contributed by atoms with Crippen LogP contribution in [-0.2, 0) is 13.0 Å². The van der Waals surface area contributed by atoms with Gasteiger partial charge in [0.15, 0.2) is 0 Å². The lowest BCUT2D eigenvalue weighted by molar-refractivity contribution is 0.681. The van der Waals surface area contributed by atoms with E-state index in [9.17, 15) is 0 Å². The third-order valence-corrected chi connectivity index (χ3v) is 3.65. The van der Waals surface area contributed by atoms with Crippen molar-refractivity contribution < 1.29 is 0 Å². The summed E-state index contributed by atoms with van der Waals surface area (Å²) < 4.78 is 2.11. The van der Waals surface area contributed by atoms with E-state index >= 15 is 0 Å². The van der Waals surface area contributed by atoms with Gasteiger partial charge < -0.3 is 9.88 Å². The molecule has 0 fully saturated rings. The SMILES string of the molecule is CCn1cnc(-c2ccc3c(c2)CCC(C)N3)c1. The Labute approximate surface area is 108 Å². The smallest absolute Gasteiger partial charge is 0.0953 e. The average molecular weight is 241 g/mol. The summed E-state index contributed by atoms with van der Waals surface area (Å²) in [6.07, 6.45) is 6.38. The van der Waals surface area contributed by atoms with Crippen LogP contribution in [0.5, 0.6) is 0 Å². The highest BCUT2D eigenvalue weighted by molar-refractivity contribution is 5.66. The van der Waals surface area contributed by atoms with Crippen LogP contribution in [0.2, 0.25) is 0 Å². The van der Waals surface area contributed by atoms with E-state index in [1.807, 2.05) is 6.33 Å². The molecule has 1 aliphatic rings. The van der Waals surface area contributed by atoms with Gasteiger partial charge in [0.1, 0.15) is 0 Å². The molecular formula is C15H19N3. The first kappa shape index (κ1) is 11.3. The maximum absolute atomic E-state index is 4.46. The van der Waals surface area contributed by atoms with Crippen LogP contribution in [0.25, 0.3) is 11.3 Å². The minimum absolute atomic E-state index is 0.586. The molecule has 1 N–H and O–H groups in total. The van der Waals surface area contributed by atoms with Gasteiger partial charge in [0, 0.05) is 30.0 Å². The minimum atomic E-state index is 0.586. The monoisotopic (exact) mass is 241 g/mol. The molecule has 0 bridgehead atoms. The number of hydrogen-bond acceptors (Lipinski definition) is 2. The number of nitrogens with zero attached hydrogens (tertiary/aromatic N) is 2. The van der Waals surface area contributed by atoms with E-state index in [2.05, 4.69) is 53.1 Å². The quantitative estimate of drug-likeness (QED) is 0.874. The molecule has 2 aromatic rings.